The fourth-order valence-corrected chi connectivity index (χ4v) is 1.82. The largest absolute Gasteiger partial charge is 0.375 e. The third-order valence-corrected chi connectivity index (χ3v) is 2.55. The summed E-state index contributed by atoms with van der Waals surface area (Å²) in [6, 6.07) is 5.98. The number of hydrogen-bond donors (Lipinski definition) is 0. The van der Waals surface area contributed by atoms with Gasteiger partial charge in [-0.25, -0.2) is 4.85 Å². The summed E-state index contributed by atoms with van der Waals surface area (Å²) in [5, 5.41) is 0. The topological polar surface area (TPSA) is 7.60 Å². The number of nitrogens with zero attached hydrogens (tertiary/aromatic N) is 2. The zero-order chi connectivity index (χ0) is 9.26. The van der Waals surface area contributed by atoms with Crippen LogP contribution in [0.5, 0.6) is 0 Å². The van der Waals surface area contributed by atoms with E-state index in [9.17, 15) is 0 Å². The van der Waals surface area contributed by atoms with Crippen LogP contribution in [0.4, 0.5) is 11.4 Å². The molecular weight excluding hydrogens is 160 g/mol. The van der Waals surface area contributed by atoms with Crippen LogP contribution in [0.3, 0.4) is 0 Å². The van der Waals surface area contributed by atoms with E-state index in [4.69, 9.17) is 6.57 Å². The van der Waals surface area contributed by atoms with Crippen molar-refractivity contribution in [2.45, 2.75) is 12.8 Å². The van der Waals surface area contributed by atoms with Crippen LogP contribution >= 0.6 is 0 Å². The average molecular weight is 172 g/mol. The first kappa shape index (κ1) is 8.12. The van der Waals surface area contributed by atoms with E-state index >= 15 is 0 Å². The SMILES string of the molecule is [C-]#[N+]c1ccc2c(c1)N(C)CCC2. The standard InChI is InChI=1S/C11H12N2/c1-12-10-6-5-9-4-3-7-13(2)11(9)8-10/h5-6,8H,3-4,7H2,2H3. The number of fused-ring (bicyclic) bond motifs is 1. The molecule has 0 atom stereocenters. The smallest absolute Gasteiger partial charge is 0.189 e. The molecule has 1 aliphatic rings. The van der Waals surface area contributed by atoms with Gasteiger partial charge < -0.3 is 4.90 Å². The minimum Gasteiger partial charge on any atom is -0.375 e. The van der Waals surface area contributed by atoms with Crippen LogP contribution in [-0.4, -0.2) is 13.6 Å². The van der Waals surface area contributed by atoms with Crippen molar-refractivity contribution in [2.24, 2.45) is 0 Å². The summed E-state index contributed by atoms with van der Waals surface area (Å²) in [7, 11) is 2.09. The third kappa shape index (κ3) is 1.38. The number of aryl methyl sites for hydroxylation is 1. The van der Waals surface area contributed by atoms with Crippen molar-refractivity contribution in [1.82, 2.24) is 0 Å². The zero-order valence-corrected chi connectivity index (χ0v) is 7.75. The number of anilines is 1. The molecule has 0 N–H and O–H groups in total. The molecule has 0 amide bonds. The summed E-state index contributed by atoms with van der Waals surface area (Å²) in [5.41, 5.74) is 3.36. The van der Waals surface area contributed by atoms with Crippen LogP contribution in [0.15, 0.2) is 18.2 Å². The molecule has 1 heterocycles. The van der Waals surface area contributed by atoms with Gasteiger partial charge >= 0.3 is 0 Å². The van der Waals surface area contributed by atoms with E-state index < -0.39 is 0 Å². The molecule has 0 aromatic heterocycles. The van der Waals surface area contributed by atoms with E-state index in [1.165, 1.54) is 17.7 Å². The summed E-state index contributed by atoms with van der Waals surface area (Å²) >= 11 is 0. The molecule has 13 heavy (non-hydrogen) atoms. The van der Waals surface area contributed by atoms with E-state index in [1.54, 1.807) is 0 Å². The van der Waals surface area contributed by atoms with Crippen molar-refractivity contribution in [3.63, 3.8) is 0 Å². The predicted molar refractivity (Wildman–Crippen MR) is 54.3 cm³/mol. The lowest BCUT2D eigenvalue weighted by atomic mass is 10.0. The van der Waals surface area contributed by atoms with Gasteiger partial charge in [-0.05, 0) is 24.5 Å². The van der Waals surface area contributed by atoms with Gasteiger partial charge in [0.1, 0.15) is 0 Å². The first-order valence-electron chi connectivity index (χ1n) is 4.53. The van der Waals surface area contributed by atoms with Gasteiger partial charge in [0.2, 0.25) is 0 Å². The second-order valence-corrected chi connectivity index (χ2v) is 3.45. The van der Waals surface area contributed by atoms with Gasteiger partial charge in [-0.2, -0.15) is 0 Å². The Balaban J connectivity index is 2.48. The molecule has 0 saturated carbocycles. The Kier molecular flexibility index (Phi) is 1.94. The summed E-state index contributed by atoms with van der Waals surface area (Å²) < 4.78 is 0. The summed E-state index contributed by atoms with van der Waals surface area (Å²) in [4.78, 5) is 5.67. The molecule has 0 unspecified atom stereocenters. The summed E-state index contributed by atoms with van der Waals surface area (Å²) in [5.74, 6) is 0. The molecule has 0 aliphatic carbocycles. The van der Waals surface area contributed by atoms with Crippen molar-refractivity contribution in [3.05, 3.63) is 35.2 Å². The van der Waals surface area contributed by atoms with Gasteiger partial charge in [-0.1, -0.05) is 12.1 Å². The molecule has 1 aromatic carbocycles. The lowest BCUT2D eigenvalue weighted by Gasteiger charge is -2.27. The van der Waals surface area contributed by atoms with Gasteiger partial charge in [0, 0.05) is 19.3 Å². The van der Waals surface area contributed by atoms with Crippen molar-refractivity contribution in [1.29, 1.82) is 0 Å². The van der Waals surface area contributed by atoms with Gasteiger partial charge in [0.05, 0.1) is 6.57 Å². The average Bonchev–Trinajstić information content (AvgIpc) is 2.18. The van der Waals surface area contributed by atoms with Crippen molar-refractivity contribution in [3.8, 4) is 0 Å². The molecule has 0 radical (unpaired) electrons. The minimum absolute atomic E-state index is 0.743. The van der Waals surface area contributed by atoms with Gasteiger partial charge in [0.25, 0.3) is 0 Å². The first-order chi connectivity index (χ1) is 6.31. The van der Waals surface area contributed by atoms with Crippen molar-refractivity contribution < 1.29 is 0 Å². The Morgan fingerprint density at radius 3 is 3.08 bits per heavy atom. The fourth-order valence-electron chi connectivity index (χ4n) is 1.82. The molecule has 2 rings (SSSR count). The molecule has 1 aliphatic heterocycles. The Hall–Kier alpha value is -1.49. The Bertz CT molecular complexity index is 363. The quantitative estimate of drug-likeness (QED) is 0.546. The highest BCUT2D eigenvalue weighted by atomic mass is 15.1. The highest BCUT2D eigenvalue weighted by Crippen LogP contribution is 2.29. The van der Waals surface area contributed by atoms with Gasteiger partial charge in [0.15, 0.2) is 5.69 Å². The minimum atomic E-state index is 0.743. The third-order valence-electron chi connectivity index (χ3n) is 2.55. The molecule has 2 nitrogen and oxygen atoms in total. The maximum absolute atomic E-state index is 6.93. The molecule has 1 aromatic rings. The van der Waals surface area contributed by atoms with Crippen LogP contribution in [0, 0.1) is 6.57 Å². The maximum Gasteiger partial charge on any atom is 0.189 e. The first-order valence-corrected chi connectivity index (χ1v) is 4.53. The van der Waals surface area contributed by atoms with Crippen LogP contribution in [0.1, 0.15) is 12.0 Å². The van der Waals surface area contributed by atoms with Crippen molar-refractivity contribution >= 4 is 11.4 Å². The molecular formula is C11H12N2. The summed E-state index contributed by atoms with van der Waals surface area (Å²) in [6.07, 6.45) is 2.37. The Morgan fingerprint density at radius 1 is 1.46 bits per heavy atom. The monoisotopic (exact) mass is 172 g/mol. The highest BCUT2D eigenvalue weighted by molar-refractivity contribution is 5.63. The second-order valence-electron chi connectivity index (χ2n) is 3.45. The number of rotatable bonds is 0. The molecule has 66 valence electrons. The van der Waals surface area contributed by atoms with Gasteiger partial charge in [-0.3, -0.25) is 0 Å². The maximum atomic E-state index is 6.93. The second kappa shape index (κ2) is 3.10. The lowest BCUT2D eigenvalue weighted by Crippen LogP contribution is -2.24. The normalized spacial score (nSPS) is 14.9. The predicted octanol–water partition coefficient (Wildman–Crippen LogP) is 2.62. The van der Waals surface area contributed by atoms with E-state index in [-0.39, 0.29) is 0 Å². The number of benzene rings is 1. The molecule has 0 spiro atoms. The fraction of sp³-hybridized carbons (Fsp3) is 0.364. The summed E-state index contributed by atoms with van der Waals surface area (Å²) in [6.45, 7) is 8.04. The lowest BCUT2D eigenvalue weighted by molar-refractivity contribution is 0.745. The number of hydrogen-bond acceptors (Lipinski definition) is 1. The highest BCUT2D eigenvalue weighted by Gasteiger charge is 2.12. The molecule has 0 saturated heterocycles. The van der Waals surface area contributed by atoms with E-state index in [0.29, 0.717) is 0 Å². The van der Waals surface area contributed by atoms with Crippen LogP contribution < -0.4 is 4.90 Å². The van der Waals surface area contributed by atoms with Crippen LogP contribution in [-0.2, 0) is 6.42 Å². The van der Waals surface area contributed by atoms with Crippen LogP contribution in [0.2, 0.25) is 0 Å². The van der Waals surface area contributed by atoms with E-state index in [2.05, 4.69) is 22.9 Å². The van der Waals surface area contributed by atoms with Gasteiger partial charge in [-0.15, -0.1) is 0 Å². The molecule has 2 heteroatoms. The zero-order valence-electron chi connectivity index (χ0n) is 7.75. The molecule has 0 fully saturated rings. The van der Waals surface area contributed by atoms with Crippen molar-refractivity contribution in [2.75, 3.05) is 18.5 Å². The Morgan fingerprint density at radius 2 is 2.31 bits per heavy atom. The van der Waals surface area contributed by atoms with E-state index in [0.717, 1.165) is 18.7 Å². The van der Waals surface area contributed by atoms with E-state index in [1.807, 2.05) is 12.1 Å². The molecule has 0 bridgehead atoms. The van der Waals surface area contributed by atoms with Crippen LogP contribution in [0.25, 0.3) is 4.85 Å². The Labute approximate surface area is 78.6 Å².